The summed E-state index contributed by atoms with van der Waals surface area (Å²) in [5.74, 6) is 0. The smallest absolute Gasteiger partial charge is 0.00798 e. The molecule has 0 N–H and O–H groups in total. The summed E-state index contributed by atoms with van der Waals surface area (Å²) < 4.78 is 0.926. The molecule has 0 bridgehead atoms. The van der Waals surface area contributed by atoms with Crippen LogP contribution in [0.25, 0.3) is 0 Å². The van der Waals surface area contributed by atoms with E-state index in [1.807, 2.05) is 0 Å². The van der Waals surface area contributed by atoms with Crippen LogP contribution in [0.3, 0.4) is 0 Å². The van der Waals surface area contributed by atoms with Crippen molar-refractivity contribution in [3.05, 3.63) is 0 Å². The van der Waals surface area contributed by atoms with Gasteiger partial charge in [0.2, 0.25) is 0 Å². The van der Waals surface area contributed by atoms with Gasteiger partial charge in [0.15, 0.2) is 0 Å². The Morgan fingerprint density at radius 2 is 0.917 bits per heavy atom. The molecule has 0 amide bonds. The van der Waals surface area contributed by atoms with Gasteiger partial charge in [-0.25, -0.2) is 0 Å². The van der Waals surface area contributed by atoms with Crippen LogP contribution in [0.4, 0.5) is 0 Å². The van der Waals surface area contributed by atoms with Gasteiger partial charge < -0.3 is 0 Å². The Morgan fingerprint density at radius 3 is 0.917 bits per heavy atom. The van der Waals surface area contributed by atoms with Gasteiger partial charge in [-0.15, -0.1) is 0 Å². The molecular weight excluding hydrogens is 184 g/mol. The summed E-state index contributed by atoms with van der Waals surface area (Å²) in [7, 11) is 1.05. The van der Waals surface area contributed by atoms with E-state index in [-0.39, 0.29) is 0 Å². The van der Waals surface area contributed by atoms with Gasteiger partial charge in [-0.3, -0.25) is 0 Å². The molecule has 0 aromatic heterocycles. The van der Waals surface area contributed by atoms with E-state index in [9.17, 15) is 0 Å². The summed E-state index contributed by atoms with van der Waals surface area (Å²) in [6, 6.07) is 0. The topological polar surface area (TPSA) is 0 Å². The Labute approximate surface area is 82.7 Å². The van der Waals surface area contributed by atoms with Gasteiger partial charge in [0.1, 0.15) is 0 Å². The van der Waals surface area contributed by atoms with Crippen LogP contribution in [-0.4, -0.2) is 22.0 Å². The molecule has 0 heterocycles. The minimum atomic E-state index is 0.463. The maximum atomic E-state index is 2.37. The standard InChI is InChI=1S/C10H24S2/c1-9(2,3)12(11(7)8)10(4,5)6/h1-8H3. The Balaban J connectivity index is 5.13. The van der Waals surface area contributed by atoms with Crippen molar-refractivity contribution in [2.75, 3.05) is 12.5 Å². The molecule has 0 unspecified atom stereocenters. The van der Waals surface area contributed by atoms with Gasteiger partial charge in [0.05, 0.1) is 0 Å². The van der Waals surface area contributed by atoms with E-state index in [2.05, 4.69) is 54.1 Å². The summed E-state index contributed by atoms with van der Waals surface area (Å²) in [6.45, 7) is 14.2. The van der Waals surface area contributed by atoms with E-state index in [0.29, 0.717) is 28.4 Å². The zero-order valence-corrected chi connectivity index (χ0v) is 11.4. The van der Waals surface area contributed by atoms with Gasteiger partial charge >= 0.3 is 0 Å². The van der Waals surface area contributed by atoms with Crippen molar-refractivity contribution in [2.45, 2.75) is 51.0 Å². The first-order valence-corrected chi connectivity index (χ1v) is 8.17. The monoisotopic (exact) mass is 208 g/mol. The number of rotatable bonds is 0. The molecule has 0 saturated carbocycles. The average Bonchev–Trinajstić information content (AvgIpc) is 1.49. The van der Waals surface area contributed by atoms with E-state index in [0.717, 1.165) is 0 Å². The fourth-order valence-corrected chi connectivity index (χ4v) is 11.8. The van der Waals surface area contributed by atoms with E-state index in [4.69, 9.17) is 0 Å². The maximum absolute atomic E-state index is 2.37. The van der Waals surface area contributed by atoms with Crippen LogP contribution in [0.15, 0.2) is 0 Å². The molecule has 2 heteroatoms. The average molecular weight is 208 g/mol. The number of hydrogen-bond acceptors (Lipinski definition) is 0. The fourth-order valence-electron chi connectivity index (χ4n) is 1.92. The van der Waals surface area contributed by atoms with E-state index >= 15 is 0 Å². The van der Waals surface area contributed by atoms with Crippen LogP contribution < -0.4 is 0 Å². The van der Waals surface area contributed by atoms with Gasteiger partial charge in [0.25, 0.3) is 0 Å². The Morgan fingerprint density at radius 1 is 0.667 bits per heavy atom. The molecule has 0 nitrogen and oxygen atoms in total. The van der Waals surface area contributed by atoms with E-state index in [1.54, 1.807) is 0 Å². The van der Waals surface area contributed by atoms with Crippen molar-refractivity contribution in [3.63, 3.8) is 0 Å². The third-order valence-corrected chi connectivity index (χ3v) is 9.34. The first-order chi connectivity index (χ1) is 5.07. The third kappa shape index (κ3) is 3.61. The first kappa shape index (κ1) is 12.7. The predicted octanol–water partition coefficient (Wildman–Crippen LogP) is 2.99. The molecule has 0 radical (unpaired) electrons. The van der Waals surface area contributed by atoms with Crippen molar-refractivity contribution < 1.29 is 0 Å². The summed E-state index contributed by atoms with van der Waals surface area (Å²) >= 11 is 0. The fraction of sp³-hybridized carbons (Fsp3) is 1.00. The quantitative estimate of drug-likeness (QED) is 0.574. The molecule has 0 atom stereocenters. The molecule has 0 aromatic rings. The molecule has 12 heavy (non-hydrogen) atoms. The second kappa shape index (κ2) is 3.83. The minimum absolute atomic E-state index is 0.463. The van der Waals surface area contributed by atoms with E-state index in [1.165, 1.54) is 0 Å². The van der Waals surface area contributed by atoms with Crippen LogP contribution in [0.1, 0.15) is 41.5 Å². The highest BCUT2D eigenvalue weighted by Gasteiger charge is 2.27. The highest BCUT2D eigenvalue weighted by atomic mass is 32.9. The second-order valence-electron chi connectivity index (χ2n) is 5.24. The molecule has 0 aromatic carbocycles. The van der Waals surface area contributed by atoms with Crippen molar-refractivity contribution in [2.24, 2.45) is 0 Å². The molecule has 76 valence electrons. The molecule has 0 aliphatic carbocycles. The second-order valence-corrected chi connectivity index (χ2v) is 12.7. The Bertz CT molecular complexity index is 169. The summed E-state index contributed by atoms with van der Waals surface area (Å²) in [5.41, 5.74) is 0. The van der Waals surface area contributed by atoms with Gasteiger partial charge in [0, 0.05) is 9.49 Å². The largest absolute Gasteiger partial charge is 0.167 e. The van der Waals surface area contributed by atoms with Gasteiger partial charge in [-0.1, -0.05) is 41.5 Å². The van der Waals surface area contributed by atoms with Crippen LogP contribution in [0, 0.1) is 0 Å². The Hall–Kier alpha value is 0.700. The SMILES string of the molecule is CS(C)=S(C(C)(C)C)C(C)(C)C. The van der Waals surface area contributed by atoms with Gasteiger partial charge in [-0.2, -0.15) is 18.9 Å². The summed E-state index contributed by atoms with van der Waals surface area (Å²) in [5, 5.41) is 0. The lowest BCUT2D eigenvalue weighted by atomic mass is 10.2. The molecule has 0 saturated heterocycles. The van der Waals surface area contributed by atoms with E-state index < -0.39 is 0 Å². The van der Waals surface area contributed by atoms with Crippen molar-refractivity contribution in [3.8, 4) is 0 Å². The maximum Gasteiger partial charge on any atom is 0.00798 e. The molecular formula is C10H24S2. The van der Waals surface area contributed by atoms with Crippen molar-refractivity contribution in [1.29, 1.82) is 0 Å². The molecule has 0 fully saturated rings. The molecule has 0 spiro atoms. The third-order valence-electron chi connectivity index (χ3n) is 1.45. The minimum Gasteiger partial charge on any atom is -0.167 e. The summed E-state index contributed by atoms with van der Waals surface area (Å²) in [4.78, 5) is 0. The molecule has 0 rings (SSSR count). The predicted molar refractivity (Wildman–Crippen MR) is 66.1 cm³/mol. The van der Waals surface area contributed by atoms with Crippen molar-refractivity contribution >= 4 is 18.9 Å². The highest BCUT2D eigenvalue weighted by molar-refractivity contribution is 8.44. The lowest BCUT2D eigenvalue weighted by Gasteiger charge is -2.37. The zero-order valence-electron chi connectivity index (χ0n) is 9.82. The van der Waals surface area contributed by atoms with Crippen LogP contribution in [-0.2, 0) is 18.9 Å². The molecule has 0 aliphatic rings. The first-order valence-electron chi connectivity index (χ1n) is 4.39. The van der Waals surface area contributed by atoms with Gasteiger partial charge in [-0.05, 0) is 12.5 Å². The lowest BCUT2D eigenvalue weighted by molar-refractivity contribution is 0.733. The summed E-state index contributed by atoms with van der Waals surface area (Å²) in [6.07, 6.45) is 4.75. The lowest BCUT2D eigenvalue weighted by Crippen LogP contribution is -2.38. The number of hydrogen-bond donors (Lipinski definition) is 0. The molecule has 0 aliphatic heterocycles. The normalized spacial score (nSPS) is 14.5. The van der Waals surface area contributed by atoms with Crippen molar-refractivity contribution in [1.82, 2.24) is 0 Å². The van der Waals surface area contributed by atoms with Crippen LogP contribution in [0.5, 0.6) is 0 Å². The zero-order chi connectivity index (χ0) is 10.2. The van der Waals surface area contributed by atoms with Crippen LogP contribution >= 0.6 is 0 Å². The highest BCUT2D eigenvalue weighted by Crippen LogP contribution is 2.26. The van der Waals surface area contributed by atoms with Crippen LogP contribution in [0.2, 0.25) is 0 Å². The Kier molecular flexibility index (Phi) is 4.05.